The second-order valence-electron chi connectivity index (χ2n) is 0. The molecule has 1 N–H and O–H groups in total. The monoisotopic (exact) mass is 433 g/mol. The molecule has 0 saturated heterocycles. The minimum atomic E-state index is 0. The van der Waals surface area contributed by atoms with E-state index in [1.807, 2.05) is 0 Å². The average Bonchev–Trinajstić information content (AvgIpc) is 1.00. The van der Waals surface area contributed by atoms with E-state index in [0.717, 1.165) is 0 Å². The second-order valence-corrected chi connectivity index (χ2v) is 0. The summed E-state index contributed by atoms with van der Waals surface area (Å²) in [6.07, 6.45) is 0. The Labute approximate surface area is 162 Å². The molecule has 0 rings (SSSR count). The molecule has 0 saturated carbocycles. The van der Waals surface area contributed by atoms with Crippen molar-refractivity contribution in [1.29, 1.82) is 0 Å². The summed E-state index contributed by atoms with van der Waals surface area (Å²) in [5.41, 5.74) is 5.75. The van der Waals surface area contributed by atoms with Crippen molar-refractivity contribution in [3.63, 3.8) is 0 Å². The average molecular weight is 433 g/mol. The summed E-state index contributed by atoms with van der Waals surface area (Å²) in [6, 6.07) is 0. The van der Waals surface area contributed by atoms with Gasteiger partial charge in [-0.15, -0.1) is 0 Å². The Morgan fingerprint density at radius 1 is 0.500 bits per heavy atom. The normalized spacial score (nSPS) is 0.500. The molecule has 0 aromatic rings. The van der Waals surface area contributed by atoms with E-state index >= 15 is 0 Å². The van der Waals surface area contributed by atoms with Crippen LogP contribution in [0.4, 0.5) is 0 Å². The third-order valence-electron chi connectivity index (χ3n) is 0. The Bertz CT molecular complexity index is 15.4. The fourth-order valence-corrected chi connectivity index (χ4v) is 0. The Balaban J connectivity index is -0.000000000111. The summed E-state index contributed by atoms with van der Waals surface area (Å²) in [5.74, 6) is 0. The minimum Gasteiger partial charge on any atom is -0.680 e. The molecule has 0 heterocycles. The molecule has 0 bridgehead atoms. The van der Waals surface area contributed by atoms with Gasteiger partial charge < -0.3 is 20.6 Å². The van der Waals surface area contributed by atoms with Crippen LogP contribution in [0, 0.1) is 14.9 Å². The Morgan fingerprint density at radius 3 is 0.500 bits per heavy atom. The van der Waals surface area contributed by atoms with Gasteiger partial charge in [0.05, 0.1) is 0 Å². The van der Waals surface area contributed by atoms with Crippen molar-refractivity contribution in [3.05, 3.63) is 20.6 Å². The summed E-state index contributed by atoms with van der Waals surface area (Å²) in [6.45, 7) is 0. The largest absolute Gasteiger partial charge is 0.680 e. The smallest absolute Gasteiger partial charge is 0 e. The molecule has 0 amide bonds. The molecule has 0 aliphatic rings. The molecule has 0 aromatic carbocycles. The van der Waals surface area contributed by atoms with E-state index in [4.69, 9.17) is 5.73 Å². The van der Waals surface area contributed by atoms with E-state index in [1.54, 1.807) is 0 Å². The fourth-order valence-electron chi connectivity index (χ4n) is 0. The molecule has 7 radical (unpaired) electrons. The van der Waals surface area contributed by atoms with Gasteiger partial charge in [-0.05, 0) is 0 Å². The molecular weight excluding hydrogens is 419 g/mol. The van der Waals surface area contributed by atoms with E-state index in [0.29, 0.717) is 0 Å². The van der Waals surface area contributed by atoms with Gasteiger partial charge in [0.15, 0.2) is 0 Å². The van der Waals surface area contributed by atoms with Crippen molar-refractivity contribution in [2.24, 2.45) is 0 Å². The van der Waals surface area contributed by atoms with Crippen LogP contribution in [0.2, 0.25) is 0 Å². The maximum absolute atomic E-state index is 5.75. The van der Waals surface area contributed by atoms with E-state index in [1.165, 1.54) is 7.05 Å². The van der Waals surface area contributed by atoms with Gasteiger partial charge in [-0.2, -0.15) is 7.05 Å². The zero-order valence-electron chi connectivity index (χ0n) is 6.63. The first-order valence-corrected chi connectivity index (χ1v) is 0.500. The zero-order chi connectivity index (χ0) is 2.00. The van der Waals surface area contributed by atoms with Gasteiger partial charge in [0.1, 0.15) is 0 Å². The second kappa shape index (κ2) is 181. The van der Waals surface area contributed by atoms with Gasteiger partial charge in [-0.1, -0.05) is 7.43 Å². The zero-order valence-corrected chi connectivity index (χ0v) is 16.4. The fraction of sp³-hybridized carbons (Fsp3) is 0.500. The number of nitrogens with one attached hydrogen (secondary N) is 1. The molecule has 0 aliphatic carbocycles. The topological polar surface area (TPSA) is 23.8 Å². The third kappa shape index (κ3) is 146. The molecule has 0 atom stereocenters. The van der Waals surface area contributed by atoms with Gasteiger partial charge >= 0.3 is 0 Å². The van der Waals surface area contributed by atoms with Crippen molar-refractivity contribution in [3.8, 4) is 0 Å². The maximum atomic E-state index is 5.75. The minimum absolute atomic E-state index is 0. The van der Waals surface area contributed by atoms with Crippen LogP contribution < -0.4 is 0 Å². The Hall–Kier alpha value is 4.05. The van der Waals surface area contributed by atoms with Crippen molar-refractivity contribution in [2.45, 2.75) is 7.43 Å². The van der Waals surface area contributed by atoms with Gasteiger partial charge in [-0.25, -0.2) is 0 Å². The molecular formula is C4H14NV7-3. The SMILES string of the molecule is C.C[NH-].[CH3-].[CH3-].[V].[V].[V].[V].[V].[V].[V]. The van der Waals surface area contributed by atoms with Crippen LogP contribution >= 0.6 is 0 Å². The van der Waals surface area contributed by atoms with Crippen molar-refractivity contribution in [2.75, 3.05) is 7.05 Å². The van der Waals surface area contributed by atoms with E-state index < -0.39 is 0 Å². The number of hydrogen-bond acceptors (Lipinski definition) is 0. The van der Waals surface area contributed by atoms with Gasteiger partial charge in [0, 0.05) is 130 Å². The van der Waals surface area contributed by atoms with Crippen LogP contribution in [0.5, 0.6) is 0 Å². The van der Waals surface area contributed by atoms with Crippen molar-refractivity contribution < 1.29 is 130 Å². The molecule has 0 aliphatic heterocycles. The predicted molar refractivity (Wildman–Crippen MR) is 29.8 cm³/mol. The molecule has 0 fully saturated rings. The van der Waals surface area contributed by atoms with Crippen LogP contribution in [0.25, 0.3) is 5.73 Å². The van der Waals surface area contributed by atoms with Crippen LogP contribution in [0.3, 0.4) is 0 Å². The first-order valence-electron chi connectivity index (χ1n) is 0.500. The molecule has 12 heavy (non-hydrogen) atoms. The summed E-state index contributed by atoms with van der Waals surface area (Å²) in [5, 5.41) is 0. The molecule has 1 nitrogen and oxygen atoms in total. The van der Waals surface area contributed by atoms with Crippen LogP contribution in [0.15, 0.2) is 0 Å². The summed E-state index contributed by atoms with van der Waals surface area (Å²) < 4.78 is 0. The summed E-state index contributed by atoms with van der Waals surface area (Å²) >= 11 is 0. The summed E-state index contributed by atoms with van der Waals surface area (Å²) in [4.78, 5) is 0. The number of rotatable bonds is 0. The first kappa shape index (κ1) is 143. The summed E-state index contributed by atoms with van der Waals surface area (Å²) in [7, 11) is 1.25. The first-order chi connectivity index (χ1) is 1.00. The van der Waals surface area contributed by atoms with Crippen LogP contribution in [0.1, 0.15) is 7.43 Å². The predicted octanol–water partition coefficient (Wildman–Crippen LogP) is 2.19. The number of hydrogen-bond donors (Lipinski definition) is 0. The Morgan fingerprint density at radius 2 is 0.500 bits per heavy atom. The van der Waals surface area contributed by atoms with Crippen LogP contribution in [-0.4, -0.2) is 7.05 Å². The Kier molecular flexibility index (Phi) is 2150. The van der Waals surface area contributed by atoms with Gasteiger partial charge in [0.25, 0.3) is 0 Å². The molecule has 0 spiro atoms. The van der Waals surface area contributed by atoms with Crippen molar-refractivity contribution >= 4 is 0 Å². The van der Waals surface area contributed by atoms with Crippen molar-refractivity contribution in [1.82, 2.24) is 0 Å². The van der Waals surface area contributed by atoms with Crippen LogP contribution in [-0.2, 0) is 130 Å². The van der Waals surface area contributed by atoms with E-state index in [9.17, 15) is 0 Å². The molecule has 0 unspecified atom stereocenters. The molecule has 0 aromatic heterocycles. The maximum Gasteiger partial charge on any atom is 0 e. The molecule has 8 heteroatoms. The van der Waals surface area contributed by atoms with Gasteiger partial charge in [-0.3, -0.25) is 0 Å². The quantitative estimate of drug-likeness (QED) is 0.524. The standard InChI is InChI=1S/CH4N.CH4.2CH3.7V/c1-2;;;;;;;;;;/h2H,1H3;1H4;2*1H3;;;;;;;/q-1;;2*-1;;;;;;;. The van der Waals surface area contributed by atoms with Gasteiger partial charge in [0.2, 0.25) is 0 Å². The van der Waals surface area contributed by atoms with E-state index in [-0.39, 0.29) is 152 Å². The van der Waals surface area contributed by atoms with E-state index in [2.05, 4.69) is 0 Å². The third-order valence-corrected chi connectivity index (χ3v) is 0. The molecule has 73 valence electrons.